The van der Waals surface area contributed by atoms with Crippen LogP contribution in [0.4, 0.5) is 0 Å². The van der Waals surface area contributed by atoms with Crippen molar-refractivity contribution in [3.05, 3.63) is 35.4 Å². The van der Waals surface area contributed by atoms with Gasteiger partial charge in [-0.05, 0) is 43.7 Å². The molecule has 0 saturated carbocycles. The molecule has 0 aliphatic rings. The number of hydrogen-bond donors (Lipinski definition) is 0. The summed E-state index contributed by atoms with van der Waals surface area (Å²) in [6, 6.07) is 6.81. The second-order valence-corrected chi connectivity index (χ2v) is 6.04. The molecule has 0 saturated heterocycles. The van der Waals surface area contributed by atoms with Gasteiger partial charge in [0.1, 0.15) is 0 Å². The molecule has 28 heavy (non-hydrogen) atoms. The largest absolute Gasteiger partial charge is 0.493 e. The fraction of sp³-hybridized carbons (Fsp3) is 0.381. The Balaban J connectivity index is 2.39. The molecule has 0 aliphatic heterocycles. The maximum Gasteiger partial charge on any atom is 0.204 e. The van der Waals surface area contributed by atoms with Crippen LogP contribution in [0.25, 0.3) is 0 Å². The number of ether oxygens (including phenoxy) is 6. The zero-order valence-corrected chi connectivity index (χ0v) is 17.2. The number of carbonyl (C=O) groups is 1. The third-order valence-corrected chi connectivity index (χ3v) is 4.22. The topological polar surface area (TPSA) is 72.5 Å². The van der Waals surface area contributed by atoms with E-state index in [1.807, 2.05) is 19.1 Å². The average molecular weight is 390 g/mol. The van der Waals surface area contributed by atoms with Gasteiger partial charge in [-0.1, -0.05) is 0 Å². The Kier molecular flexibility index (Phi) is 6.98. The highest BCUT2D eigenvalue weighted by Crippen LogP contribution is 2.41. The molecule has 0 heterocycles. The van der Waals surface area contributed by atoms with Crippen LogP contribution in [-0.2, 0) is 0 Å². The maximum atomic E-state index is 13.0. The number of benzene rings is 2. The van der Waals surface area contributed by atoms with Crippen molar-refractivity contribution in [2.75, 3.05) is 35.5 Å². The van der Waals surface area contributed by atoms with E-state index in [9.17, 15) is 4.79 Å². The van der Waals surface area contributed by atoms with Gasteiger partial charge < -0.3 is 28.4 Å². The number of aryl methyl sites for hydroxylation is 1. The summed E-state index contributed by atoms with van der Waals surface area (Å²) >= 11 is 0. The lowest BCUT2D eigenvalue weighted by Crippen LogP contribution is -2.24. The van der Waals surface area contributed by atoms with E-state index in [-0.39, 0.29) is 5.78 Å². The van der Waals surface area contributed by atoms with Crippen molar-refractivity contribution in [2.24, 2.45) is 0 Å². The zero-order valence-electron chi connectivity index (χ0n) is 17.2. The van der Waals surface area contributed by atoms with Gasteiger partial charge in [-0.15, -0.1) is 0 Å². The molecule has 7 nitrogen and oxygen atoms in total. The van der Waals surface area contributed by atoms with Gasteiger partial charge in [-0.3, -0.25) is 4.79 Å². The quantitative estimate of drug-likeness (QED) is 0.605. The molecule has 1 atom stereocenters. The number of ketones is 1. The minimum absolute atomic E-state index is 0.260. The van der Waals surface area contributed by atoms with Crippen molar-refractivity contribution in [1.29, 1.82) is 0 Å². The van der Waals surface area contributed by atoms with Gasteiger partial charge in [-0.25, -0.2) is 0 Å². The fourth-order valence-corrected chi connectivity index (χ4v) is 2.82. The maximum absolute atomic E-state index is 13.0. The van der Waals surface area contributed by atoms with Crippen LogP contribution >= 0.6 is 0 Å². The molecule has 2 aromatic rings. The number of methoxy groups -OCH3 is 5. The Hall–Kier alpha value is -3.09. The summed E-state index contributed by atoms with van der Waals surface area (Å²) in [5, 5.41) is 0. The first kappa shape index (κ1) is 21.2. The first-order valence-electron chi connectivity index (χ1n) is 8.63. The molecule has 152 valence electrons. The van der Waals surface area contributed by atoms with E-state index in [0.717, 1.165) is 5.56 Å². The average Bonchev–Trinajstić information content (AvgIpc) is 2.72. The first-order valence-corrected chi connectivity index (χ1v) is 8.63. The monoisotopic (exact) mass is 390 g/mol. The normalized spacial score (nSPS) is 11.4. The van der Waals surface area contributed by atoms with Gasteiger partial charge in [0.25, 0.3) is 0 Å². The van der Waals surface area contributed by atoms with Gasteiger partial charge in [0.15, 0.2) is 29.1 Å². The van der Waals surface area contributed by atoms with Crippen LogP contribution in [0, 0.1) is 6.92 Å². The zero-order chi connectivity index (χ0) is 20.8. The van der Waals surface area contributed by atoms with Gasteiger partial charge in [0, 0.05) is 5.56 Å². The number of Topliss-reactive ketones (excluding diaryl/α,β-unsaturated/α-hetero) is 1. The minimum Gasteiger partial charge on any atom is -0.493 e. The fourth-order valence-electron chi connectivity index (χ4n) is 2.82. The van der Waals surface area contributed by atoms with Crippen molar-refractivity contribution >= 4 is 5.78 Å². The summed E-state index contributed by atoms with van der Waals surface area (Å²) in [7, 11) is 7.56. The van der Waals surface area contributed by atoms with Crippen LogP contribution < -0.4 is 28.4 Å². The summed E-state index contributed by atoms with van der Waals surface area (Å²) in [6.07, 6.45) is -0.812. The molecule has 2 rings (SSSR count). The summed E-state index contributed by atoms with van der Waals surface area (Å²) in [4.78, 5) is 13.0. The van der Waals surface area contributed by atoms with Crippen LogP contribution in [0.3, 0.4) is 0 Å². The molecular formula is C21H26O7. The van der Waals surface area contributed by atoms with Crippen molar-refractivity contribution in [1.82, 2.24) is 0 Å². The molecular weight excluding hydrogens is 364 g/mol. The molecule has 7 heteroatoms. The summed E-state index contributed by atoms with van der Waals surface area (Å²) in [5.41, 5.74) is 1.32. The lowest BCUT2D eigenvalue weighted by Gasteiger charge is -2.20. The van der Waals surface area contributed by atoms with Crippen LogP contribution in [0.1, 0.15) is 22.8 Å². The van der Waals surface area contributed by atoms with E-state index < -0.39 is 6.10 Å². The Bertz CT molecular complexity index is 795. The number of carbonyl (C=O) groups excluding carboxylic acids is 1. The van der Waals surface area contributed by atoms with Gasteiger partial charge >= 0.3 is 0 Å². The van der Waals surface area contributed by atoms with E-state index in [2.05, 4.69) is 0 Å². The highest BCUT2D eigenvalue weighted by atomic mass is 16.5. The van der Waals surface area contributed by atoms with Crippen molar-refractivity contribution in [2.45, 2.75) is 20.0 Å². The Labute approximate surface area is 165 Å². The van der Waals surface area contributed by atoms with E-state index in [1.54, 1.807) is 19.1 Å². The Morgan fingerprint density at radius 1 is 0.714 bits per heavy atom. The second-order valence-electron chi connectivity index (χ2n) is 6.04. The lowest BCUT2D eigenvalue weighted by atomic mass is 10.1. The lowest BCUT2D eigenvalue weighted by molar-refractivity contribution is 0.0808. The van der Waals surface area contributed by atoms with Gasteiger partial charge in [0.2, 0.25) is 17.3 Å². The number of rotatable bonds is 9. The summed E-state index contributed by atoms with van der Waals surface area (Å²) in [6.45, 7) is 3.57. The van der Waals surface area contributed by atoms with E-state index in [0.29, 0.717) is 40.1 Å². The molecule has 0 fully saturated rings. The highest BCUT2D eigenvalue weighted by molar-refractivity contribution is 6.00. The van der Waals surface area contributed by atoms with Crippen molar-refractivity contribution < 1.29 is 33.2 Å². The Morgan fingerprint density at radius 3 is 1.54 bits per heavy atom. The SMILES string of the molecule is COc1cc(C(=O)C(C)Oc2c(OC)cc(C)cc2OC)cc(OC)c1OC. The minimum atomic E-state index is -0.812. The molecule has 0 amide bonds. The third kappa shape index (κ3) is 4.24. The molecule has 0 aliphatic carbocycles. The second kappa shape index (κ2) is 9.21. The molecule has 2 aromatic carbocycles. The molecule has 0 radical (unpaired) electrons. The number of hydrogen-bond acceptors (Lipinski definition) is 7. The van der Waals surface area contributed by atoms with Crippen LogP contribution in [-0.4, -0.2) is 47.4 Å². The molecule has 1 unspecified atom stereocenters. The van der Waals surface area contributed by atoms with Crippen molar-refractivity contribution in [3.63, 3.8) is 0 Å². The summed E-state index contributed by atoms with van der Waals surface area (Å²) in [5.74, 6) is 2.28. The van der Waals surface area contributed by atoms with E-state index in [4.69, 9.17) is 28.4 Å². The molecule has 0 aromatic heterocycles. The third-order valence-electron chi connectivity index (χ3n) is 4.22. The molecule has 0 spiro atoms. The Morgan fingerprint density at radius 2 is 1.14 bits per heavy atom. The van der Waals surface area contributed by atoms with Crippen LogP contribution in [0.2, 0.25) is 0 Å². The van der Waals surface area contributed by atoms with E-state index >= 15 is 0 Å². The highest BCUT2D eigenvalue weighted by Gasteiger charge is 2.24. The van der Waals surface area contributed by atoms with Crippen LogP contribution in [0.15, 0.2) is 24.3 Å². The van der Waals surface area contributed by atoms with Crippen molar-refractivity contribution in [3.8, 4) is 34.5 Å². The molecule has 0 N–H and O–H groups in total. The predicted octanol–water partition coefficient (Wildman–Crippen LogP) is 3.69. The van der Waals surface area contributed by atoms with Crippen LogP contribution in [0.5, 0.6) is 34.5 Å². The smallest absolute Gasteiger partial charge is 0.204 e. The summed E-state index contributed by atoms with van der Waals surface area (Å²) < 4.78 is 32.6. The molecule has 0 bridgehead atoms. The first-order chi connectivity index (χ1) is 13.4. The van der Waals surface area contributed by atoms with Gasteiger partial charge in [0.05, 0.1) is 35.5 Å². The predicted molar refractivity (Wildman–Crippen MR) is 105 cm³/mol. The van der Waals surface area contributed by atoms with Gasteiger partial charge in [-0.2, -0.15) is 0 Å². The standard InChI is InChI=1S/C21H26O7/c1-12-8-15(23-3)21(16(9-12)24-4)28-13(2)19(22)14-10-17(25-5)20(27-7)18(11-14)26-6/h8-11,13H,1-7H3. The van der Waals surface area contributed by atoms with E-state index in [1.165, 1.54) is 35.5 Å².